The third-order valence-corrected chi connectivity index (χ3v) is 3.55. The minimum Gasteiger partial charge on any atom is -0.341 e. The van der Waals surface area contributed by atoms with E-state index < -0.39 is 0 Å². The number of carbonyl (C=O) groups is 1. The van der Waals surface area contributed by atoms with Gasteiger partial charge in [-0.05, 0) is 18.0 Å². The van der Waals surface area contributed by atoms with Gasteiger partial charge in [0.15, 0.2) is 0 Å². The predicted octanol–water partition coefficient (Wildman–Crippen LogP) is 1.58. The summed E-state index contributed by atoms with van der Waals surface area (Å²) < 4.78 is 0. The maximum absolute atomic E-state index is 12.6. The molecule has 112 valence electrons. The van der Waals surface area contributed by atoms with E-state index in [2.05, 4.69) is 4.98 Å². The summed E-state index contributed by atoms with van der Waals surface area (Å²) in [7, 11) is 1.73. The van der Waals surface area contributed by atoms with Gasteiger partial charge in [0, 0.05) is 30.6 Å². The molecule has 1 amide bonds. The molecule has 1 heterocycles. The zero-order chi connectivity index (χ0) is 15.6. The van der Waals surface area contributed by atoms with E-state index in [1.807, 2.05) is 32.0 Å². The van der Waals surface area contributed by atoms with Gasteiger partial charge in [0.25, 0.3) is 5.91 Å². The highest BCUT2D eigenvalue weighted by Crippen LogP contribution is 2.19. The summed E-state index contributed by atoms with van der Waals surface area (Å²) in [6.45, 7) is 5.03. The molecule has 1 aromatic carbocycles. The Labute approximate surface area is 123 Å². The number of para-hydroxylation sites is 1. The van der Waals surface area contributed by atoms with Crippen molar-refractivity contribution in [2.45, 2.75) is 13.8 Å². The van der Waals surface area contributed by atoms with Crippen molar-refractivity contribution in [2.75, 3.05) is 20.1 Å². The summed E-state index contributed by atoms with van der Waals surface area (Å²) >= 11 is 0. The number of aromatic nitrogens is 1. The van der Waals surface area contributed by atoms with Crippen molar-refractivity contribution in [1.29, 1.82) is 0 Å². The fraction of sp³-hybridized carbons (Fsp3) is 0.375. The summed E-state index contributed by atoms with van der Waals surface area (Å²) in [5.74, 6) is -0.168. The molecule has 5 nitrogen and oxygen atoms in total. The second kappa shape index (κ2) is 5.69. The fourth-order valence-corrected chi connectivity index (χ4v) is 2.37. The number of nitrogens with zero attached hydrogens (tertiary/aromatic N) is 1. The van der Waals surface area contributed by atoms with E-state index in [4.69, 9.17) is 5.73 Å². The number of rotatable bonds is 4. The summed E-state index contributed by atoms with van der Waals surface area (Å²) in [4.78, 5) is 28.7. The number of amides is 1. The fourth-order valence-electron chi connectivity index (χ4n) is 2.37. The van der Waals surface area contributed by atoms with Crippen LogP contribution in [0.3, 0.4) is 0 Å². The first-order valence-electron chi connectivity index (χ1n) is 6.92. The van der Waals surface area contributed by atoms with Crippen LogP contribution in [0.4, 0.5) is 0 Å². The molecule has 2 aromatic rings. The predicted molar refractivity (Wildman–Crippen MR) is 84.4 cm³/mol. The molecule has 1 aromatic heterocycles. The van der Waals surface area contributed by atoms with E-state index in [0.29, 0.717) is 24.2 Å². The van der Waals surface area contributed by atoms with Crippen molar-refractivity contribution in [3.05, 3.63) is 46.2 Å². The van der Waals surface area contributed by atoms with E-state index in [1.54, 1.807) is 18.0 Å². The SMILES string of the molecule is CN(CC(C)(C)CN)C(=O)c1cc(=O)[nH]c2ccccc12. The van der Waals surface area contributed by atoms with Gasteiger partial charge in [0.1, 0.15) is 0 Å². The Bertz CT molecular complexity index is 719. The molecule has 0 spiro atoms. The molecule has 0 radical (unpaired) electrons. The van der Waals surface area contributed by atoms with Crippen LogP contribution in [0.1, 0.15) is 24.2 Å². The molecule has 0 aliphatic rings. The van der Waals surface area contributed by atoms with Crippen molar-refractivity contribution in [1.82, 2.24) is 9.88 Å². The maximum Gasteiger partial charge on any atom is 0.254 e. The Kier molecular flexibility index (Phi) is 4.14. The van der Waals surface area contributed by atoms with Crippen LogP contribution in [-0.2, 0) is 0 Å². The minimum atomic E-state index is -0.275. The molecule has 3 N–H and O–H groups in total. The molecule has 0 saturated carbocycles. The second-order valence-electron chi connectivity index (χ2n) is 6.12. The molecule has 0 bridgehead atoms. The van der Waals surface area contributed by atoms with E-state index in [9.17, 15) is 9.59 Å². The summed E-state index contributed by atoms with van der Waals surface area (Å²) in [6, 6.07) is 8.66. The lowest BCUT2D eigenvalue weighted by molar-refractivity contribution is 0.0742. The standard InChI is InChI=1S/C16H21N3O2/c1-16(2,9-17)10-19(3)15(21)12-8-14(20)18-13-7-5-4-6-11(12)13/h4-8H,9-10,17H2,1-3H3,(H,18,20). The molecular formula is C16H21N3O2. The third-order valence-electron chi connectivity index (χ3n) is 3.55. The molecule has 0 atom stereocenters. The number of nitrogens with one attached hydrogen (secondary N) is 1. The van der Waals surface area contributed by atoms with Crippen LogP contribution < -0.4 is 11.3 Å². The summed E-state index contributed by atoms with van der Waals surface area (Å²) in [6.07, 6.45) is 0. The largest absolute Gasteiger partial charge is 0.341 e. The topological polar surface area (TPSA) is 79.2 Å². The molecule has 0 fully saturated rings. The normalized spacial score (nSPS) is 11.6. The van der Waals surface area contributed by atoms with Crippen LogP contribution in [0.5, 0.6) is 0 Å². The zero-order valence-electron chi connectivity index (χ0n) is 12.6. The van der Waals surface area contributed by atoms with E-state index >= 15 is 0 Å². The van der Waals surface area contributed by atoms with Gasteiger partial charge in [-0.3, -0.25) is 9.59 Å². The molecule has 0 unspecified atom stereocenters. The zero-order valence-corrected chi connectivity index (χ0v) is 12.6. The second-order valence-corrected chi connectivity index (χ2v) is 6.12. The van der Waals surface area contributed by atoms with Crippen LogP contribution in [0, 0.1) is 5.41 Å². The molecule has 5 heteroatoms. The first-order valence-corrected chi connectivity index (χ1v) is 6.92. The van der Waals surface area contributed by atoms with Crippen LogP contribution in [0.2, 0.25) is 0 Å². The lowest BCUT2D eigenvalue weighted by Gasteiger charge is -2.29. The van der Waals surface area contributed by atoms with Crippen LogP contribution in [0.25, 0.3) is 10.9 Å². The van der Waals surface area contributed by atoms with Gasteiger partial charge >= 0.3 is 0 Å². The molecule has 21 heavy (non-hydrogen) atoms. The van der Waals surface area contributed by atoms with E-state index in [1.165, 1.54) is 6.07 Å². The quantitative estimate of drug-likeness (QED) is 0.896. The monoisotopic (exact) mass is 287 g/mol. The van der Waals surface area contributed by atoms with Gasteiger partial charge in [-0.25, -0.2) is 0 Å². The summed E-state index contributed by atoms with van der Waals surface area (Å²) in [5.41, 5.74) is 6.36. The van der Waals surface area contributed by atoms with Crippen LogP contribution >= 0.6 is 0 Å². The highest BCUT2D eigenvalue weighted by molar-refractivity contribution is 6.05. The minimum absolute atomic E-state index is 0.165. The lowest BCUT2D eigenvalue weighted by atomic mass is 9.93. The number of H-pyrrole nitrogens is 1. The Balaban J connectivity index is 2.42. The number of hydrogen-bond donors (Lipinski definition) is 2. The average molecular weight is 287 g/mol. The van der Waals surface area contributed by atoms with E-state index in [-0.39, 0.29) is 16.9 Å². The number of nitrogens with two attached hydrogens (primary N) is 1. The highest BCUT2D eigenvalue weighted by atomic mass is 16.2. The maximum atomic E-state index is 12.6. The molecule has 2 rings (SSSR count). The number of carbonyl (C=O) groups excluding carboxylic acids is 1. The smallest absolute Gasteiger partial charge is 0.254 e. The van der Waals surface area contributed by atoms with Crippen LogP contribution in [-0.4, -0.2) is 35.9 Å². The molecule has 0 aliphatic carbocycles. The van der Waals surface area contributed by atoms with Gasteiger partial charge in [0.2, 0.25) is 5.56 Å². The van der Waals surface area contributed by atoms with Crippen molar-refractivity contribution >= 4 is 16.8 Å². The first kappa shape index (κ1) is 15.3. The van der Waals surface area contributed by atoms with Gasteiger partial charge in [0.05, 0.1) is 5.56 Å². The number of fused-ring (bicyclic) bond motifs is 1. The number of benzene rings is 1. The van der Waals surface area contributed by atoms with Gasteiger partial charge in [-0.1, -0.05) is 32.0 Å². The van der Waals surface area contributed by atoms with Crippen molar-refractivity contribution in [2.24, 2.45) is 11.1 Å². The highest BCUT2D eigenvalue weighted by Gasteiger charge is 2.23. The third kappa shape index (κ3) is 3.31. The first-order chi connectivity index (χ1) is 9.84. The number of pyridine rings is 1. The van der Waals surface area contributed by atoms with Crippen molar-refractivity contribution in [3.8, 4) is 0 Å². The Morgan fingerprint density at radius 1 is 1.33 bits per heavy atom. The number of hydrogen-bond acceptors (Lipinski definition) is 3. The van der Waals surface area contributed by atoms with Gasteiger partial charge in [-0.2, -0.15) is 0 Å². The summed E-state index contributed by atoms with van der Waals surface area (Å²) in [5, 5.41) is 0.750. The Morgan fingerprint density at radius 2 is 2.00 bits per heavy atom. The Morgan fingerprint density at radius 3 is 2.67 bits per heavy atom. The molecule has 0 saturated heterocycles. The molecule has 0 aliphatic heterocycles. The van der Waals surface area contributed by atoms with Crippen molar-refractivity contribution < 1.29 is 4.79 Å². The van der Waals surface area contributed by atoms with Gasteiger partial charge < -0.3 is 15.6 Å². The number of aromatic amines is 1. The van der Waals surface area contributed by atoms with Crippen LogP contribution in [0.15, 0.2) is 35.1 Å². The van der Waals surface area contributed by atoms with E-state index in [0.717, 1.165) is 5.39 Å². The Hall–Kier alpha value is -2.14. The van der Waals surface area contributed by atoms with Gasteiger partial charge in [-0.15, -0.1) is 0 Å². The molecular weight excluding hydrogens is 266 g/mol. The van der Waals surface area contributed by atoms with Crippen molar-refractivity contribution in [3.63, 3.8) is 0 Å². The lowest BCUT2D eigenvalue weighted by Crippen LogP contribution is -2.40. The average Bonchev–Trinajstić information content (AvgIpc) is 2.45.